The molecule has 2 unspecified atom stereocenters. The number of rotatable bonds is 6. The molecular weight excluding hydrogens is 188 g/mol. The van der Waals surface area contributed by atoms with Crippen molar-refractivity contribution in [3.05, 3.63) is 0 Å². The SMILES string of the molecule is CCCCOCCN1CC(N)CCC1C. The van der Waals surface area contributed by atoms with E-state index in [9.17, 15) is 0 Å². The van der Waals surface area contributed by atoms with E-state index < -0.39 is 0 Å². The van der Waals surface area contributed by atoms with Crippen LogP contribution < -0.4 is 5.73 Å². The summed E-state index contributed by atoms with van der Waals surface area (Å²) in [5.41, 5.74) is 5.96. The molecule has 0 radical (unpaired) electrons. The first-order valence-electron chi connectivity index (χ1n) is 6.31. The van der Waals surface area contributed by atoms with E-state index in [0.717, 1.165) is 26.3 Å². The number of hydrogen-bond acceptors (Lipinski definition) is 3. The van der Waals surface area contributed by atoms with Crippen molar-refractivity contribution >= 4 is 0 Å². The van der Waals surface area contributed by atoms with Crippen LogP contribution in [0.5, 0.6) is 0 Å². The molecule has 0 aromatic heterocycles. The molecule has 0 bridgehead atoms. The normalized spacial score (nSPS) is 28.2. The average molecular weight is 214 g/mol. The smallest absolute Gasteiger partial charge is 0.0593 e. The Morgan fingerprint density at radius 3 is 2.87 bits per heavy atom. The van der Waals surface area contributed by atoms with Crippen LogP contribution in [0.4, 0.5) is 0 Å². The van der Waals surface area contributed by atoms with Gasteiger partial charge in [0.1, 0.15) is 0 Å². The van der Waals surface area contributed by atoms with Gasteiger partial charge in [-0.3, -0.25) is 4.90 Å². The van der Waals surface area contributed by atoms with Crippen LogP contribution in [0, 0.1) is 0 Å². The van der Waals surface area contributed by atoms with Crippen molar-refractivity contribution in [2.24, 2.45) is 5.73 Å². The lowest BCUT2D eigenvalue weighted by Crippen LogP contribution is -2.48. The zero-order valence-corrected chi connectivity index (χ0v) is 10.2. The Balaban J connectivity index is 2.08. The fourth-order valence-corrected chi connectivity index (χ4v) is 2.05. The van der Waals surface area contributed by atoms with Crippen LogP contribution in [0.3, 0.4) is 0 Å². The maximum atomic E-state index is 5.96. The number of ether oxygens (including phenoxy) is 1. The molecule has 0 aromatic carbocycles. The van der Waals surface area contributed by atoms with E-state index in [-0.39, 0.29) is 0 Å². The lowest BCUT2D eigenvalue weighted by atomic mass is 10.0. The monoisotopic (exact) mass is 214 g/mol. The molecule has 0 spiro atoms. The molecule has 0 amide bonds. The van der Waals surface area contributed by atoms with Crippen molar-refractivity contribution in [1.29, 1.82) is 0 Å². The number of nitrogens with two attached hydrogens (primary N) is 1. The minimum absolute atomic E-state index is 0.372. The lowest BCUT2D eigenvalue weighted by Gasteiger charge is -2.36. The molecule has 1 saturated heterocycles. The fourth-order valence-electron chi connectivity index (χ4n) is 2.05. The predicted molar refractivity (Wildman–Crippen MR) is 64.0 cm³/mol. The minimum atomic E-state index is 0.372. The summed E-state index contributed by atoms with van der Waals surface area (Å²) in [6.07, 6.45) is 4.80. The van der Waals surface area contributed by atoms with Crippen LogP contribution in [0.2, 0.25) is 0 Å². The van der Waals surface area contributed by atoms with Gasteiger partial charge in [0.05, 0.1) is 6.61 Å². The van der Waals surface area contributed by atoms with E-state index in [0.29, 0.717) is 12.1 Å². The van der Waals surface area contributed by atoms with E-state index in [4.69, 9.17) is 10.5 Å². The predicted octanol–water partition coefficient (Wildman–Crippen LogP) is 1.61. The third-order valence-corrected chi connectivity index (χ3v) is 3.21. The first-order chi connectivity index (χ1) is 7.24. The van der Waals surface area contributed by atoms with Crippen molar-refractivity contribution in [2.45, 2.75) is 51.6 Å². The maximum absolute atomic E-state index is 5.96. The van der Waals surface area contributed by atoms with Crippen LogP contribution in [0.15, 0.2) is 0 Å². The molecule has 1 fully saturated rings. The molecule has 1 rings (SSSR count). The van der Waals surface area contributed by atoms with Crippen molar-refractivity contribution < 1.29 is 4.74 Å². The molecule has 2 atom stereocenters. The molecule has 3 nitrogen and oxygen atoms in total. The third-order valence-electron chi connectivity index (χ3n) is 3.21. The number of likely N-dealkylation sites (tertiary alicyclic amines) is 1. The Labute approximate surface area is 94.0 Å². The molecule has 15 heavy (non-hydrogen) atoms. The lowest BCUT2D eigenvalue weighted by molar-refractivity contribution is 0.0703. The first-order valence-corrected chi connectivity index (χ1v) is 6.31. The van der Waals surface area contributed by atoms with Crippen LogP contribution in [0.25, 0.3) is 0 Å². The largest absolute Gasteiger partial charge is 0.380 e. The van der Waals surface area contributed by atoms with Crippen molar-refractivity contribution in [3.8, 4) is 0 Å². The molecule has 1 aliphatic rings. The van der Waals surface area contributed by atoms with Gasteiger partial charge in [0, 0.05) is 31.8 Å². The third kappa shape index (κ3) is 4.96. The van der Waals surface area contributed by atoms with E-state index >= 15 is 0 Å². The summed E-state index contributed by atoms with van der Waals surface area (Å²) in [4.78, 5) is 2.46. The standard InChI is InChI=1S/C12H26N2O/c1-3-4-8-15-9-7-14-10-12(13)6-5-11(14)2/h11-12H,3-10,13H2,1-2H3. The van der Waals surface area contributed by atoms with Gasteiger partial charge in [-0.2, -0.15) is 0 Å². The van der Waals surface area contributed by atoms with Gasteiger partial charge in [-0.1, -0.05) is 13.3 Å². The Hall–Kier alpha value is -0.120. The molecule has 1 heterocycles. The van der Waals surface area contributed by atoms with Gasteiger partial charge < -0.3 is 10.5 Å². The number of unbranched alkanes of at least 4 members (excludes halogenated alkanes) is 1. The second kappa shape index (κ2) is 7.20. The van der Waals surface area contributed by atoms with E-state index in [2.05, 4.69) is 18.7 Å². The highest BCUT2D eigenvalue weighted by Gasteiger charge is 2.22. The second-order valence-corrected chi connectivity index (χ2v) is 4.65. The van der Waals surface area contributed by atoms with Gasteiger partial charge in [0.15, 0.2) is 0 Å². The zero-order chi connectivity index (χ0) is 11.1. The molecule has 0 aromatic rings. The van der Waals surface area contributed by atoms with E-state index in [1.807, 2.05) is 0 Å². The fraction of sp³-hybridized carbons (Fsp3) is 1.00. The minimum Gasteiger partial charge on any atom is -0.380 e. The van der Waals surface area contributed by atoms with Crippen LogP contribution in [-0.4, -0.2) is 43.3 Å². The van der Waals surface area contributed by atoms with Crippen LogP contribution in [0.1, 0.15) is 39.5 Å². The van der Waals surface area contributed by atoms with Crippen molar-refractivity contribution in [1.82, 2.24) is 4.90 Å². The van der Waals surface area contributed by atoms with Crippen molar-refractivity contribution in [3.63, 3.8) is 0 Å². The molecule has 90 valence electrons. The van der Waals surface area contributed by atoms with Crippen molar-refractivity contribution in [2.75, 3.05) is 26.3 Å². The Bertz CT molecular complexity index is 164. The van der Waals surface area contributed by atoms with Gasteiger partial charge in [0.2, 0.25) is 0 Å². The average Bonchev–Trinajstić information content (AvgIpc) is 2.23. The molecule has 2 N–H and O–H groups in total. The van der Waals surface area contributed by atoms with E-state index in [1.165, 1.54) is 25.7 Å². The molecule has 0 saturated carbocycles. The summed E-state index contributed by atoms with van der Waals surface area (Å²) in [5, 5.41) is 0. The molecule has 0 aliphatic carbocycles. The van der Waals surface area contributed by atoms with Crippen LogP contribution >= 0.6 is 0 Å². The number of hydrogen-bond donors (Lipinski definition) is 1. The summed E-state index contributed by atoms with van der Waals surface area (Å²) in [5.74, 6) is 0. The Morgan fingerprint density at radius 2 is 2.13 bits per heavy atom. The number of piperidine rings is 1. The van der Waals surface area contributed by atoms with Gasteiger partial charge >= 0.3 is 0 Å². The summed E-state index contributed by atoms with van der Waals surface area (Å²) < 4.78 is 5.58. The Kier molecular flexibility index (Phi) is 6.22. The Morgan fingerprint density at radius 1 is 1.33 bits per heavy atom. The van der Waals surface area contributed by atoms with E-state index in [1.54, 1.807) is 0 Å². The van der Waals surface area contributed by atoms with Gasteiger partial charge in [-0.25, -0.2) is 0 Å². The molecule has 1 aliphatic heterocycles. The van der Waals surface area contributed by atoms with Gasteiger partial charge in [-0.15, -0.1) is 0 Å². The highest BCUT2D eigenvalue weighted by atomic mass is 16.5. The summed E-state index contributed by atoms with van der Waals surface area (Å²) in [6.45, 7) is 8.33. The quantitative estimate of drug-likeness (QED) is 0.683. The van der Waals surface area contributed by atoms with Gasteiger partial charge in [-0.05, 0) is 26.2 Å². The summed E-state index contributed by atoms with van der Waals surface area (Å²) in [7, 11) is 0. The molecular formula is C12H26N2O. The number of nitrogens with zero attached hydrogens (tertiary/aromatic N) is 1. The van der Waals surface area contributed by atoms with Crippen LogP contribution in [-0.2, 0) is 4.74 Å². The first kappa shape index (κ1) is 12.9. The highest BCUT2D eigenvalue weighted by Crippen LogP contribution is 2.15. The second-order valence-electron chi connectivity index (χ2n) is 4.65. The summed E-state index contributed by atoms with van der Waals surface area (Å²) >= 11 is 0. The topological polar surface area (TPSA) is 38.5 Å². The zero-order valence-electron chi connectivity index (χ0n) is 10.2. The molecule has 3 heteroatoms. The summed E-state index contributed by atoms with van der Waals surface area (Å²) in [6, 6.07) is 1.05. The highest BCUT2D eigenvalue weighted by molar-refractivity contribution is 4.80. The maximum Gasteiger partial charge on any atom is 0.0593 e. The van der Waals surface area contributed by atoms with Gasteiger partial charge in [0.25, 0.3) is 0 Å².